The standard InChI is InChI=1S/C6H2ClF3INO/c7-4-2-1-3(5(11)12-4)13-6(8,9)10/h1-2H. The molecule has 0 unspecified atom stereocenters. The van der Waals surface area contributed by atoms with Crippen molar-refractivity contribution < 1.29 is 17.9 Å². The maximum absolute atomic E-state index is 11.7. The van der Waals surface area contributed by atoms with Crippen LogP contribution >= 0.6 is 34.2 Å². The number of aromatic nitrogens is 1. The molecule has 0 fully saturated rings. The highest BCUT2D eigenvalue weighted by atomic mass is 127. The molecule has 0 amide bonds. The Hall–Kier alpha value is -0.240. The minimum Gasteiger partial charge on any atom is -0.403 e. The van der Waals surface area contributed by atoms with E-state index < -0.39 is 6.36 Å². The van der Waals surface area contributed by atoms with E-state index in [0.29, 0.717) is 0 Å². The Balaban J connectivity index is 2.90. The second-order valence-electron chi connectivity index (χ2n) is 1.97. The normalized spacial score (nSPS) is 11.5. The minimum absolute atomic E-state index is 0.0717. The van der Waals surface area contributed by atoms with Crippen molar-refractivity contribution >= 4 is 34.2 Å². The van der Waals surface area contributed by atoms with E-state index in [1.54, 1.807) is 22.6 Å². The minimum atomic E-state index is -4.70. The van der Waals surface area contributed by atoms with Crippen molar-refractivity contribution in [2.75, 3.05) is 0 Å². The average Bonchev–Trinajstić information content (AvgIpc) is 1.93. The number of rotatable bonds is 1. The van der Waals surface area contributed by atoms with E-state index in [1.165, 1.54) is 6.07 Å². The first-order chi connectivity index (χ1) is 5.88. The van der Waals surface area contributed by atoms with Crippen LogP contribution < -0.4 is 4.74 Å². The molecule has 0 radical (unpaired) electrons. The first-order valence-corrected chi connectivity index (χ1v) is 4.42. The summed E-state index contributed by atoms with van der Waals surface area (Å²) in [5.74, 6) is -0.350. The van der Waals surface area contributed by atoms with Gasteiger partial charge in [0.15, 0.2) is 5.75 Å². The Bertz CT molecular complexity index is 317. The molecule has 0 N–H and O–H groups in total. The van der Waals surface area contributed by atoms with Gasteiger partial charge < -0.3 is 4.74 Å². The third-order valence-electron chi connectivity index (χ3n) is 1.01. The molecule has 1 rings (SSSR count). The second-order valence-corrected chi connectivity index (χ2v) is 3.38. The van der Waals surface area contributed by atoms with Crippen LogP contribution in [0.3, 0.4) is 0 Å². The molecule has 0 aromatic carbocycles. The van der Waals surface area contributed by atoms with Gasteiger partial charge >= 0.3 is 6.36 Å². The van der Waals surface area contributed by atoms with Gasteiger partial charge in [0.05, 0.1) is 0 Å². The van der Waals surface area contributed by atoms with Gasteiger partial charge in [-0.15, -0.1) is 13.2 Å². The van der Waals surface area contributed by atoms with Crippen LogP contribution in [0.1, 0.15) is 0 Å². The molecule has 1 heterocycles. The van der Waals surface area contributed by atoms with Crippen molar-refractivity contribution in [1.29, 1.82) is 0 Å². The first-order valence-electron chi connectivity index (χ1n) is 2.96. The summed E-state index contributed by atoms with van der Waals surface area (Å²) in [6.45, 7) is 0. The van der Waals surface area contributed by atoms with Gasteiger partial charge in [-0.3, -0.25) is 0 Å². The van der Waals surface area contributed by atoms with Gasteiger partial charge in [0.1, 0.15) is 8.85 Å². The molecule has 0 aliphatic heterocycles. The van der Waals surface area contributed by atoms with Crippen molar-refractivity contribution in [2.45, 2.75) is 6.36 Å². The summed E-state index contributed by atoms with van der Waals surface area (Å²) in [6.07, 6.45) is -4.70. The van der Waals surface area contributed by atoms with Gasteiger partial charge in [-0.1, -0.05) is 11.6 Å². The number of hydrogen-bond acceptors (Lipinski definition) is 2. The van der Waals surface area contributed by atoms with Gasteiger partial charge in [0, 0.05) is 0 Å². The van der Waals surface area contributed by atoms with Crippen molar-refractivity contribution in [1.82, 2.24) is 4.98 Å². The van der Waals surface area contributed by atoms with Crippen LogP contribution in [0.5, 0.6) is 5.75 Å². The van der Waals surface area contributed by atoms with Gasteiger partial charge in [0.2, 0.25) is 0 Å². The van der Waals surface area contributed by atoms with Crippen molar-refractivity contribution in [2.24, 2.45) is 0 Å². The van der Waals surface area contributed by atoms with E-state index in [-0.39, 0.29) is 14.6 Å². The number of halogens is 5. The zero-order chi connectivity index (χ0) is 10.1. The van der Waals surface area contributed by atoms with E-state index in [2.05, 4.69) is 9.72 Å². The number of nitrogens with zero attached hydrogens (tertiary/aromatic N) is 1. The monoisotopic (exact) mass is 323 g/mol. The van der Waals surface area contributed by atoms with Crippen LogP contribution in [0.15, 0.2) is 12.1 Å². The SMILES string of the molecule is FC(F)(F)Oc1ccc(Cl)nc1I. The van der Waals surface area contributed by atoms with Crippen molar-refractivity contribution in [3.63, 3.8) is 0 Å². The summed E-state index contributed by atoms with van der Waals surface area (Å²) in [6, 6.07) is 2.34. The summed E-state index contributed by atoms with van der Waals surface area (Å²) in [7, 11) is 0. The molecule has 1 aromatic heterocycles. The lowest BCUT2D eigenvalue weighted by atomic mass is 10.5. The van der Waals surface area contributed by atoms with Crippen LogP contribution in [-0.4, -0.2) is 11.3 Å². The molecule has 0 spiro atoms. The van der Waals surface area contributed by atoms with Crippen LogP contribution in [0.2, 0.25) is 5.15 Å². The van der Waals surface area contributed by atoms with E-state index in [1.807, 2.05) is 0 Å². The molecule has 72 valence electrons. The molecule has 0 saturated heterocycles. The number of pyridine rings is 1. The zero-order valence-electron chi connectivity index (χ0n) is 5.90. The molecular weight excluding hydrogens is 321 g/mol. The van der Waals surface area contributed by atoms with Gasteiger partial charge in [-0.2, -0.15) is 0 Å². The molecule has 0 aliphatic carbocycles. The average molecular weight is 323 g/mol. The Morgan fingerprint density at radius 3 is 2.46 bits per heavy atom. The summed E-state index contributed by atoms with van der Waals surface area (Å²) >= 11 is 7.04. The fourth-order valence-corrected chi connectivity index (χ4v) is 1.44. The molecular formula is C6H2ClF3INO. The Morgan fingerprint density at radius 2 is 2.00 bits per heavy atom. The third kappa shape index (κ3) is 3.55. The smallest absolute Gasteiger partial charge is 0.403 e. The predicted molar refractivity (Wildman–Crippen MR) is 48.6 cm³/mol. The highest BCUT2D eigenvalue weighted by Gasteiger charge is 2.32. The lowest BCUT2D eigenvalue weighted by molar-refractivity contribution is -0.275. The second kappa shape index (κ2) is 3.87. The van der Waals surface area contributed by atoms with Gasteiger partial charge in [-0.25, -0.2) is 4.98 Å². The topological polar surface area (TPSA) is 22.1 Å². The number of hydrogen-bond donors (Lipinski definition) is 0. The van der Waals surface area contributed by atoms with E-state index in [0.717, 1.165) is 6.07 Å². The Labute approximate surface area is 90.2 Å². The molecule has 1 aromatic rings. The molecule has 0 aliphatic rings. The number of ether oxygens (including phenoxy) is 1. The molecule has 2 nitrogen and oxygen atoms in total. The summed E-state index contributed by atoms with van der Waals surface area (Å²) < 4.78 is 38.9. The van der Waals surface area contributed by atoms with E-state index >= 15 is 0 Å². The van der Waals surface area contributed by atoms with Crippen LogP contribution in [-0.2, 0) is 0 Å². The van der Waals surface area contributed by atoms with Gasteiger partial charge in [-0.05, 0) is 34.7 Å². The Morgan fingerprint density at radius 1 is 1.38 bits per heavy atom. The molecule has 0 bridgehead atoms. The molecule has 0 atom stereocenters. The fraction of sp³-hybridized carbons (Fsp3) is 0.167. The molecule has 0 saturated carbocycles. The van der Waals surface area contributed by atoms with Crippen molar-refractivity contribution in [3.8, 4) is 5.75 Å². The van der Waals surface area contributed by atoms with E-state index in [4.69, 9.17) is 11.6 Å². The predicted octanol–water partition coefficient (Wildman–Crippen LogP) is 3.24. The van der Waals surface area contributed by atoms with Crippen LogP contribution in [0, 0.1) is 3.70 Å². The van der Waals surface area contributed by atoms with Crippen molar-refractivity contribution in [3.05, 3.63) is 21.0 Å². The fourth-order valence-electron chi connectivity index (χ4n) is 0.600. The maximum atomic E-state index is 11.7. The van der Waals surface area contributed by atoms with Gasteiger partial charge in [0.25, 0.3) is 0 Å². The maximum Gasteiger partial charge on any atom is 0.573 e. The molecule has 7 heteroatoms. The molecule has 13 heavy (non-hydrogen) atoms. The van der Waals surface area contributed by atoms with Crippen LogP contribution in [0.25, 0.3) is 0 Å². The quantitative estimate of drug-likeness (QED) is 0.585. The highest BCUT2D eigenvalue weighted by Crippen LogP contribution is 2.27. The lowest BCUT2D eigenvalue weighted by Gasteiger charge is -2.09. The van der Waals surface area contributed by atoms with Crippen LogP contribution in [0.4, 0.5) is 13.2 Å². The van der Waals surface area contributed by atoms with E-state index in [9.17, 15) is 13.2 Å². The zero-order valence-corrected chi connectivity index (χ0v) is 8.81. The Kier molecular flexibility index (Phi) is 3.23. The highest BCUT2D eigenvalue weighted by molar-refractivity contribution is 14.1. The largest absolute Gasteiger partial charge is 0.573 e. The first kappa shape index (κ1) is 10.8. The summed E-state index contributed by atoms with van der Waals surface area (Å²) in [5.41, 5.74) is 0. The number of alkyl halides is 3. The third-order valence-corrected chi connectivity index (χ3v) is 1.99. The summed E-state index contributed by atoms with van der Waals surface area (Å²) in [5, 5.41) is 0.124. The summed E-state index contributed by atoms with van der Waals surface area (Å²) in [4.78, 5) is 3.58. The lowest BCUT2D eigenvalue weighted by Crippen LogP contribution is -2.18.